The molecule has 0 unspecified atom stereocenters. The zero-order chi connectivity index (χ0) is 17.9. The second-order valence-electron chi connectivity index (χ2n) is 8.64. The molecule has 23 heavy (non-hydrogen) atoms. The Labute approximate surface area is 143 Å². The first-order chi connectivity index (χ1) is 10.4. The summed E-state index contributed by atoms with van der Waals surface area (Å²) in [4.78, 5) is 12.5. The van der Waals surface area contributed by atoms with Crippen LogP contribution >= 0.6 is 0 Å². The van der Waals surface area contributed by atoms with E-state index in [1.807, 2.05) is 6.92 Å². The predicted octanol–water partition coefficient (Wildman–Crippen LogP) is 4.27. The van der Waals surface area contributed by atoms with E-state index in [2.05, 4.69) is 33.9 Å². The molecule has 1 saturated carbocycles. The molecule has 4 nitrogen and oxygen atoms in total. The van der Waals surface area contributed by atoms with Crippen molar-refractivity contribution < 1.29 is 19.1 Å². The molecule has 136 valence electrons. The topological polar surface area (TPSA) is 55.8 Å². The summed E-state index contributed by atoms with van der Waals surface area (Å²) in [6, 6.07) is 0. The summed E-state index contributed by atoms with van der Waals surface area (Å²) < 4.78 is 11.5. The van der Waals surface area contributed by atoms with Gasteiger partial charge in [0.1, 0.15) is 0 Å². The molecule has 0 spiro atoms. The van der Waals surface area contributed by atoms with Crippen molar-refractivity contribution in [3.05, 3.63) is 0 Å². The zero-order valence-corrected chi connectivity index (χ0v) is 17.1. The Bertz CT molecular complexity index is 412. The Kier molecular flexibility index (Phi) is 6.50. The summed E-state index contributed by atoms with van der Waals surface area (Å²) in [5.41, 5.74) is -1.74. The highest BCUT2D eigenvalue weighted by atomic mass is 28.4. The van der Waals surface area contributed by atoms with Crippen molar-refractivity contribution in [3.63, 3.8) is 0 Å². The molecule has 2 atom stereocenters. The molecule has 0 bridgehead atoms. The van der Waals surface area contributed by atoms with Crippen molar-refractivity contribution in [1.82, 2.24) is 0 Å². The highest BCUT2D eigenvalue weighted by molar-refractivity contribution is 6.74. The smallest absolute Gasteiger partial charge is 0.314 e. The summed E-state index contributed by atoms with van der Waals surface area (Å²) in [7, 11) is -1.76. The molecular weight excluding hydrogens is 308 g/mol. The first kappa shape index (κ1) is 20.7. The normalized spacial score (nSPS) is 28.9. The van der Waals surface area contributed by atoms with Crippen LogP contribution in [0.5, 0.6) is 0 Å². The standard InChI is InChI=1S/C18H36O4Si/c1-8-21-15(19)18(12-9-11-17(18,5)20)13-10-14-22-23(6,7)16(2,3)4/h20H,8-14H2,1-7H3/t17-,18-/m1/s1. The third-order valence-corrected chi connectivity index (χ3v) is 10.5. The number of hydrogen-bond donors (Lipinski definition) is 1. The number of ether oxygens (including phenoxy) is 1. The highest BCUT2D eigenvalue weighted by Crippen LogP contribution is 2.50. The third-order valence-electron chi connectivity index (χ3n) is 5.98. The first-order valence-corrected chi connectivity index (χ1v) is 11.8. The van der Waals surface area contributed by atoms with Crippen LogP contribution in [0, 0.1) is 5.41 Å². The molecule has 0 aromatic carbocycles. The second-order valence-corrected chi connectivity index (χ2v) is 13.5. The van der Waals surface area contributed by atoms with E-state index in [1.165, 1.54) is 0 Å². The monoisotopic (exact) mass is 344 g/mol. The first-order valence-electron chi connectivity index (χ1n) is 8.93. The van der Waals surface area contributed by atoms with Crippen molar-refractivity contribution in [3.8, 4) is 0 Å². The maximum atomic E-state index is 12.5. The van der Waals surface area contributed by atoms with Crippen molar-refractivity contribution in [2.75, 3.05) is 13.2 Å². The van der Waals surface area contributed by atoms with Gasteiger partial charge in [-0.15, -0.1) is 0 Å². The summed E-state index contributed by atoms with van der Waals surface area (Å²) >= 11 is 0. The summed E-state index contributed by atoms with van der Waals surface area (Å²) in [6.45, 7) is 15.7. The van der Waals surface area contributed by atoms with Gasteiger partial charge in [0.25, 0.3) is 0 Å². The van der Waals surface area contributed by atoms with E-state index < -0.39 is 19.3 Å². The van der Waals surface area contributed by atoms with Crippen LogP contribution in [0.15, 0.2) is 0 Å². The van der Waals surface area contributed by atoms with Gasteiger partial charge in [0.05, 0.1) is 17.6 Å². The molecule has 0 radical (unpaired) electrons. The Morgan fingerprint density at radius 1 is 1.26 bits per heavy atom. The average molecular weight is 345 g/mol. The minimum atomic E-state index is -1.76. The molecule has 1 rings (SSSR count). The lowest BCUT2D eigenvalue weighted by Crippen LogP contribution is -2.48. The van der Waals surface area contributed by atoms with Crippen LogP contribution in [0.2, 0.25) is 18.1 Å². The maximum Gasteiger partial charge on any atom is 0.314 e. The van der Waals surface area contributed by atoms with Crippen LogP contribution in [-0.2, 0) is 14.0 Å². The van der Waals surface area contributed by atoms with E-state index in [9.17, 15) is 9.90 Å². The summed E-state index contributed by atoms with van der Waals surface area (Å²) in [6.07, 6.45) is 3.65. The zero-order valence-electron chi connectivity index (χ0n) is 16.1. The molecule has 0 aromatic heterocycles. The molecule has 0 aliphatic heterocycles. The molecule has 1 aliphatic carbocycles. The van der Waals surface area contributed by atoms with E-state index in [1.54, 1.807) is 6.92 Å². The van der Waals surface area contributed by atoms with Crippen molar-refractivity contribution in [2.24, 2.45) is 5.41 Å². The summed E-state index contributed by atoms with van der Waals surface area (Å²) in [5, 5.41) is 10.9. The fourth-order valence-electron chi connectivity index (χ4n) is 3.25. The maximum absolute atomic E-state index is 12.5. The van der Waals surface area contributed by atoms with E-state index >= 15 is 0 Å². The second kappa shape index (κ2) is 7.24. The number of hydrogen-bond acceptors (Lipinski definition) is 4. The molecule has 1 fully saturated rings. The van der Waals surface area contributed by atoms with Gasteiger partial charge in [0, 0.05) is 6.61 Å². The number of carbonyl (C=O) groups is 1. The van der Waals surface area contributed by atoms with Crippen LogP contribution in [0.1, 0.15) is 66.7 Å². The van der Waals surface area contributed by atoms with E-state index in [4.69, 9.17) is 9.16 Å². The highest BCUT2D eigenvalue weighted by Gasteiger charge is 2.56. The Balaban J connectivity index is 2.69. The van der Waals surface area contributed by atoms with Gasteiger partial charge < -0.3 is 14.3 Å². The number of rotatable bonds is 7. The molecule has 0 heterocycles. The Morgan fingerprint density at radius 3 is 2.30 bits per heavy atom. The average Bonchev–Trinajstić information content (AvgIpc) is 2.70. The quantitative estimate of drug-likeness (QED) is 0.426. The van der Waals surface area contributed by atoms with Crippen LogP contribution < -0.4 is 0 Å². The minimum absolute atomic E-state index is 0.185. The number of carbonyl (C=O) groups excluding carboxylic acids is 1. The van der Waals surface area contributed by atoms with Gasteiger partial charge in [-0.1, -0.05) is 20.8 Å². The molecule has 5 heteroatoms. The molecule has 0 aromatic rings. The van der Waals surface area contributed by atoms with Gasteiger partial charge in [-0.05, 0) is 64.1 Å². The summed E-state index contributed by atoms with van der Waals surface area (Å²) in [5.74, 6) is -0.241. The van der Waals surface area contributed by atoms with Crippen molar-refractivity contribution >= 4 is 14.3 Å². The van der Waals surface area contributed by atoms with Gasteiger partial charge in [-0.25, -0.2) is 0 Å². The number of aliphatic hydroxyl groups is 1. The van der Waals surface area contributed by atoms with Crippen LogP contribution in [0.3, 0.4) is 0 Å². The molecule has 0 saturated heterocycles. The van der Waals surface area contributed by atoms with Gasteiger partial charge in [-0.2, -0.15) is 0 Å². The molecular formula is C18H36O4Si. The lowest BCUT2D eigenvalue weighted by Gasteiger charge is -2.39. The van der Waals surface area contributed by atoms with Crippen LogP contribution in [0.25, 0.3) is 0 Å². The van der Waals surface area contributed by atoms with Crippen LogP contribution in [-0.4, -0.2) is 38.2 Å². The predicted molar refractivity (Wildman–Crippen MR) is 95.9 cm³/mol. The van der Waals surface area contributed by atoms with Crippen molar-refractivity contribution in [2.45, 2.75) is 90.5 Å². The largest absolute Gasteiger partial charge is 0.465 e. The lowest BCUT2D eigenvalue weighted by molar-refractivity contribution is -0.170. The van der Waals surface area contributed by atoms with Gasteiger partial charge in [0.15, 0.2) is 8.32 Å². The molecule has 1 N–H and O–H groups in total. The van der Waals surface area contributed by atoms with E-state index in [0.29, 0.717) is 32.5 Å². The van der Waals surface area contributed by atoms with Crippen molar-refractivity contribution in [1.29, 1.82) is 0 Å². The molecule has 1 aliphatic rings. The number of esters is 1. The minimum Gasteiger partial charge on any atom is -0.465 e. The van der Waals surface area contributed by atoms with E-state index in [0.717, 1.165) is 12.8 Å². The third kappa shape index (κ3) is 4.37. The SMILES string of the molecule is CCOC(=O)[C@]1(CCCO[Si](C)(C)C(C)(C)C)CCC[C@@]1(C)O. The van der Waals surface area contributed by atoms with E-state index in [-0.39, 0.29) is 11.0 Å². The van der Waals surface area contributed by atoms with Gasteiger partial charge in [-0.3, -0.25) is 4.79 Å². The van der Waals surface area contributed by atoms with Gasteiger partial charge >= 0.3 is 5.97 Å². The fourth-order valence-corrected chi connectivity index (χ4v) is 4.34. The fraction of sp³-hybridized carbons (Fsp3) is 0.944. The lowest BCUT2D eigenvalue weighted by atomic mass is 9.72. The Hall–Kier alpha value is -0.393. The molecule has 0 amide bonds. The van der Waals surface area contributed by atoms with Gasteiger partial charge in [0.2, 0.25) is 0 Å². The van der Waals surface area contributed by atoms with Crippen LogP contribution in [0.4, 0.5) is 0 Å². The Morgan fingerprint density at radius 2 is 1.87 bits per heavy atom.